The normalized spacial score (nSPS) is 18.2. The number of hydrogen-bond donors (Lipinski definition) is 2. The van der Waals surface area contributed by atoms with E-state index in [1.807, 2.05) is 6.07 Å². The third kappa shape index (κ3) is 3.30. The van der Waals surface area contributed by atoms with Crippen molar-refractivity contribution in [1.29, 1.82) is 0 Å². The van der Waals surface area contributed by atoms with Crippen molar-refractivity contribution in [1.82, 2.24) is 15.3 Å². The molecule has 1 aliphatic heterocycles. The van der Waals surface area contributed by atoms with E-state index >= 15 is 0 Å². The summed E-state index contributed by atoms with van der Waals surface area (Å²) in [6.07, 6.45) is 8.06. The standard InChI is InChI=1S/C20H28N4O2/c1-25-17-12-16-19(24-20(17)26-2)18(22-13-8-10-21-11-9-13)14-6-4-3-5-7-15(14)23-16/h12-13,21H,3-11H2,1-2H3,(H,22,23). The minimum absolute atomic E-state index is 0.476. The predicted molar refractivity (Wildman–Crippen MR) is 103 cm³/mol. The number of nitrogens with one attached hydrogen (secondary N) is 2. The highest BCUT2D eigenvalue weighted by atomic mass is 16.5. The summed E-state index contributed by atoms with van der Waals surface area (Å²) in [7, 11) is 3.27. The van der Waals surface area contributed by atoms with Gasteiger partial charge in [-0.25, -0.2) is 4.98 Å². The van der Waals surface area contributed by atoms with E-state index in [2.05, 4.69) is 10.6 Å². The van der Waals surface area contributed by atoms with Gasteiger partial charge in [0.15, 0.2) is 5.75 Å². The Bertz CT molecular complexity index is 787. The summed E-state index contributed by atoms with van der Waals surface area (Å²) in [6.45, 7) is 2.13. The van der Waals surface area contributed by atoms with Crippen molar-refractivity contribution in [2.75, 3.05) is 32.6 Å². The van der Waals surface area contributed by atoms with Crippen LogP contribution in [-0.2, 0) is 12.8 Å². The zero-order valence-electron chi connectivity index (χ0n) is 15.7. The highest BCUT2D eigenvalue weighted by Gasteiger charge is 2.23. The molecule has 2 aromatic rings. The van der Waals surface area contributed by atoms with Gasteiger partial charge < -0.3 is 20.1 Å². The summed E-state index contributed by atoms with van der Waals surface area (Å²) >= 11 is 0. The average molecular weight is 356 g/mol. The molecule has 2 aliphatic rings. The van der Waals surface area contributed by atoms with E-state index in [1.165, 1.54) is 36.2 Å². The molecule has 6 heteroatoms. The van der Waals surface area contributed by atoms with Gasteiger partial charge in [0.2, 0.25) is 0 Å². The number of rotatable bonds is 4. The number of nitrogens with zero attached hydrogens (tertiary/aromatic N) is 2. The highest BCUT2D eigenvalue weighted by Crippen LogP contribution is 2.37. The lowest BCUT2D eigenvalue weighted by molar-refractivity contribution is 0.344. The van der Waals surface area contributed by atoms with E-state index in [9.17, 15) is 0 Å². The molecule has 6 nitrogen and oxygen atoms in total. The van der Waals surface area contributed by atoms with E-state index in [4.69, 9.17) is 19.4 Å². The SMILES string of the molecule is COc1cc2nc3c(c(NC4CCNCC4)c2nc1OC)CCCCC3. The number of aryl methyl sites for hydroxylation is 1. The van der Waals surface area contributed by atoms with Gasteiger partial charge >= 0.3 is 0 Å². The van der Waals surface area contributed by atoms with Gasteiger partial charge in [-0.2, -0.15) is 0 Å². The van der Waals surface area contributed by atoms with Gasteiger partial charge in [0.05, 0.1) is 25.4 Å². The number of methoxy groups -OCH3 is 2. The number of ether oxygens (including phenoxy) is 2. The van der Waals surface area contributed by atoms with Gasteiger partial charge in [-0.05, 0) is 57.2 Å². The summed E-state index contributed by atoms with van der Waals surface area (Å²) in [5.74, 6) is 1.15. The van der Waals surface area contributed by atoms with Gasteiger partial charge in [-0.3, -0.25) is 4.98 Å². The molecular formula is C20H28N4O2. The molecule has 1 fully saturated rings. The van der Waals surface area contributed by atoms with E-state index in [0.717, 1.165) is 49.8 Å². The van der Waals surface area contributed by atoms with E-state index in [0.29, 0.717) is 17.7 Å². The molecule has 0 aromatic carbocycles. The molecule has 4 rings (SSSR count). The van der Waals surface area contributed by atoms with Crippen molar-refractivity contribution in [3.63, 3.8) is 0 Å². The quantitative estimate of drug-likeness (QED) is 0.821. The monoisotopic (exact) mass is 356 g/mol. The summed E-state index contributed by atoms with van der Waals surface area (Å²) in [4.78, 5) is 9.74. The van der Waals surface area contributed by atoms with Crippen LogP contribution in [0, 0.1) is 0 Å². The van der Waals surface area contributed by atoms with Gasteiger partial charge in [0.25, 0.3) is 5.88 Å². The number of piperidine rings is 1. The molecule has 1 saturated heterocycles. The smallest absolute Gasteiger partial charge is 0.257 e. The second-order valence-electron chi connectivity index (χ2n) is 7.21. The van der Waals surface area contributed by atoms with Crippen LogP contribution in [0.2, 0.25) is 0 Å². The molecule has 2 aromatic heterocycles. The summed E-state index contributed by atoms with van der Waals surface area (Å²) in [5, 5.41) is 7.27. The number of anilines is 1. The molecule has 0 atom stereocenters. The lowest BCUT2D eigenvalue weighted by atomic mass is 10.0. The van der Waals surface area contributed by atoms with Crippen LogP contribution in [0.25, 0.3) is 11.0 Å². The largest absolute Gasteiger partial charge is 0.491 e. The van der Waals surface area contributed by atoms with Crippen molar-refractivity contribution >= 4 is 16.7 Å². The fraction of sp³-hybridized carbons (Fsp3) is 0.600. The first-order chi connectivity index (χ1) is 12.8. The van der Waals surface area contributed by atoms with Crippen molar-refractivity contribution in [3.8, 4) is 11.6 Å². The fourth-order valence-electron chi connectivity index (χ4n) is 4.10. The molecule has 1 aliphatic carbocycles. The Morgan fingerprint density at radius 2 is 1.85 bits per heavy atom. The van der Waals surface area contributed by atoms with Gasteiger partial charge in [0, 0.05) is 17.8 Å². The molecule has 2 N–H and O–H groups in total. The maximum absolute atomic E-state index is 5.46. The topological polar surface area (TPSA) is 68.3 Å². The van der Waals surface area contributed by atoms with Crippen molar-refractivity contribution in [2.45, 2.75) is 51.0 Å². The average Bonchev–Trinajstić information content (AvgIpc) is 2.93. The molecule has 0 saturated carbocycles. The molecule has 140 valence electrons. The fourth-order valence-corrected chi connectivity index (χ4v) is 4.10. The lowest BCUT2D eigenvalue weighted by Gasteiger charge is -2.27. The van der Waals surface area contributed by atoms with Gasteiger partial charge in [-0.15, -0.1) is 0 Å². The molecule has 0 unspecified atom stereocenters. The molecule has 26 heavy (non-hydrogen) atoms. The summed E-state index contributed by atoms with van der Waals surface area (Å²) in [5.41, 5.74) is 5.54. The first-order valence-electron chi connectivity index (χ1n) is 9.72. The molecule has 0 spiro atoms. The zero-order chi connectivity index (χ0) is 17.9. The molecule has 0 amide bonds. The van der Waals surface area contributed by atoms with Crippen LogP contribution >= 0.6 is 0 Å². The second-order valence-corrected chi connectivity index (χ2v) is 7.21. The first-order valence-corrected chi connectivity index (χ1v) is 9.72. The summed E-state index contributed by atoms with van der Waals surface area (Å²) < 4.78 is 10.9. The zero-order valence-corrected chi connectivity index (χ0v) is 15.7. The van der Waals surface area contributed by atoms with Crippen LogP contribution in [-0.4, -0.2) is 43.3 Å². The van der Waals surface area contributed by atoms with E-state index in [-0.39, 0.29) is 0 Å². The lowest BCUT2D eigenvalue weighted by Crippen LogP contribution is -2.35. The number of hydrogen-bond acceptors (Lipinski definition) is 6. The van der Waals surface area contributed by atoms with E-state index in [1.54, 1.807) is 14.2 Å². The van der Waals surface area contributed by atoms with Crippen molar-refractivity contribution < 1.29 is 9.47 Å². The second kappa shape index (κ2) is 7.66. The summed E-state index contributed by atoms with van der Waals surface area (Å²) in [6, 6.07) is 2.43. The number of fused-ring (bicyclic) bond motifs is 2. The number of pyridine rings is 2. The Labute approximate surface area is 154 Å². The molecular weight excluding hydrogens is 328 g/mol. The Balaban J connectivity index is 1.86. The third-order valence-corrected chi connectivity index (χ3v) is 5.52. The van der Waals surface area contributed by atoms with Crippen LogP contribution in [0.3, 0.4) is 0 Å². The minimum atomic E-state index is 0.476. The van der Waals surface area contributed by atoms with Crippen LogP contribution in [0.4, 0.5) is 5.69 Å². The predicted octanol–water partition coefficient (Wildman–Crippen LogP) is 3.08. The van der Waals surface area contributed by atoms with Crippen molar-refractivity contribution in [2.24, 2.45) is 0 Å². The Morgan fingerprint density at radius 1 is 1.04 bits per heavy atom. The molecule has 0 radical (unpaired) electrons. The van der Waals surface area contributed by atoms with Crippen LogP contribution < -0.4 is 20.1 Å². The Hall–Kier alpha value is -2.08. The maximum atomic E-state index is 5.46. The van der Waals surface area contributed by atoms with Crippen LogP contribution in [0.15, 0.2) is 6.07 Å². The minimum Gasteiger partial charge on any atom is -0.491 e. The first kappa shape index (κ1) is 17.3. The Kier molecular flexibility index (Phi) is 5.11. The molecule has 0 bridgehead atoms. The maximum Gasteiger partial charge on any atom is 0.257 e. The van der Waals surface area contributed by atoms with Gasteiger partial charge in [-0.1, -0.05) is 6.42 Å². The molecule has 3 heterocycles. The van der Waals surface area contributed by atoms with Crippen molar-refractivity contribution in [3.05, 3.63) is 17.3 Å². The third-order valence-electron chi connectivity index (χ3n) is 5.52. The van der Waals surface area contributed by atoms with Crippen LogP contribution in [0.1, 0.15) is 43.4 Å². The van der Waals surface area contributed by atoms with Gasteiger partial charge in [0.1, 0.15) is 5.52 Å². The number of aromatic nitrogens is 2. The van der Waals surface area contributed by atoms with E-state index < -0.39 is 0 Å². The Morgan fingerprint density at radius 3 is 2.62 bits per heavy atom. The van der Waals surface area contributed by atoms with Crippen LogP contribution in [0.5, 0.6) is 11.6 Å². The highest BCUT2D eigenvalue weighted by molar-refractivity contribution is 5.91.